The summed E-state index contributed by atoms with van der Waals surface area (Å²) in [5, 5.41) is 10.3. The molecule has 0 fully saturated rings. The first-order valence-corrected chi connectivity index (χ1v) is 11.2. The Balaban J connectivity index is 2.73. The molecule has 27 heavy (non-hydrogen) atoms. The van der Waals surface area contributed by atoms with Crippen molar-refractivity contribution in [2.24, 2.45) is 0 Å². The lowest BCUT2D eigenvalue weighted by Crippen LogP contribution is -2.33. The molecule has 7 heteroatoms. The van der Waals surface area contributed by atoms with Crippen LogP contribution in [0.2, 0.25) is 0 Å². The van der Waals surface area contributed by atoms with Gasteiger partial charge in [0.2, 0.25) is 0 Å². The second kappa shape index (κ2) is 7.78. The number of aryl methyl sites for hydroxylation is 1. The Morgan fingerprint density at radius 3 is 2.19 bits per heavy atom. The normalized spacial score (nSPS) is 14.2. The molecule has 0 spiro atoms. The summed E-state index contributed by atoms with van der Waals surface area (Å²) in [5.41, 5.74) is 1.28. The van der Waals surface area contributed by atoms with Crippen molar-refractivity contribution in [3.05, 3.63) is 45.6 Å². The van der Waals surface area contributed by atoms with Crippen LogP contribution in [-0.2, 0) is 14.5 Å². The highest BCUT2D eigenvalue weighted by atomic mass is 32.1. The second-order valence-electron chi connectivity index (χ2n) is 7.86. The van der Waals surface area contributed by atoms with Crippen molar-refractivity contribution in [2.75, 3.05) is 11.8 Å². The van der Waals surface area contributed by atoms with Gasteiger partial charge in [-0.25, -0.2) is 4.79 Å². The van der Waals surface area contributed by atoms with Crippen molar-refractivity contribution in [3.8, 4) is 0 Å². The van der Waals surface area contributed by atoms with Crippen LogP contribution in [0.25, 0.3) is 0 Å². The third-order valence-corrected chi connectivity index (χ3v) is 8.50. The maximum absolute atomic E-state index is 14.0. The minimum atomic E-state index is -3.49. The number of thiophene rings is 1. The maximum atomic E-state index is 14.0. The fourth-order valence-corrected chi connectivity index (χ4v) is 6.17. The van der Waals surface area contributed by atoms with Gasteiger partial charge in [0.15, 0.2) is 0 Å². The van der Waals surface area contributed by atoms with Crippen LogP contribution in [0, 0.1) is 6.92 Å². The van der Waals surface area contributed by atoms with Gasteiger partial charge in [0.1, 0.15) is 4.88 Å². The minimum absolute atomic E-state index is 0.179. The highest BCUT2D eigenvalue weighted by Crippen LogP contribution is 2.55. The summed E-state index contributed by atoms with van der Waals surface area (Å²) < 4.78 is 21.2. The molecule has 2 aromatic rings. The number of carboxylic acids is 1. The Morgan fingerprint density at radius 1 is 1.22 bits per heavy atom. The SMILES string of the molecule is COP(=O)(c1ccc(C)cc1)N(c1cc(C(C)(C)C)sc1C(=O)O)C(C)C. The number of hydrogen-bond acceptors (Lipinski definition) is 4. The molecule has 0 saturated carbocycles. The summed E-state index contributed by atoms with van der Waals surface area (Å²) in [4.78, 5) is 13.0. The van der Waals surface area contributed by atoms with Crippen LogP contribution < -0.4 is 9.97 Å². The standard InChI is InChI=1S/C20H28NO4PS/c1-13(2)21(26(24,25-7)15-10-8-14(3)9-11-15)16-12-17(20(4,5)6)27-18(16)19(22)23/h8-13H,1-7H3,(H,22,23). The van der Waals surface area contributed by atoms with Crippen molar-refractivity contribution in [2.45, 2.75) is 53.0 Å². The Kier molecular flexibility index (Phi) is 6.25. The Morgan fingerprint density at radius 2 is 1.78 bits per heavy atom. The van der Waals surface area contributed by atoms with E-state index in [4.69, 9.17) is 4.52 Å². The number of carbonyl (C=O) groups is 1. The molecule has 1 atom stereocenters. The lowest BCUT2D eigenvalue weighted by atomic mass is 9.94. The van der Waals surface area contributed by atoms with Crippen LogP contribution in [0.3, 0.4) is 0 Å². The summed E-state index contributed by atoms with van der Waals surface area (Å²) in [6.07, 6.45) is 0. The summed E-state index contributed by atoms with van der Waals surface area (Å²) >= 11 is 1.23. The smallest absolute Gasteiger partial charge is 0.348 e. The van der Waals surface area contributed by atoms with Gasteiger partial charge >= 0.3 is 13.5 Å². The number of carboxylic acid groups (broad SMARTS) is 1. The largest absolute Gasteiger partial charge is 0.477 e. The molecule has 2 rings (SSSR count). The van der Waals surface area contributed by atoms with Crippen LogP contribution in [0.5, 0.6) is 0 Å². The maximum Gasteiger partial charge on any atom is 0.348 e. The first-order chi connectivity index (χ1) is 12.4. The van der Waals surface area contributed by atoms with E-state index >= 15 is 0 Å². The average molecular weight is 409 g/mol. The molecule has 0 amide bonds. The highest BCUT2D eigenvalue weighted by molar-refractivity contribution is 7.68. The summed E-state index contributed by atoms with van der Waals surface area (Å²) in [7, 11) is -2.08. The molecule has 5 nitrogen and oxygen atoms in total. The molecule has 0 radical (unpaired) electrons. The average Bonchev–Trinajstić information content (AvgIpc) is 3.00. The van der Waals surface area contributed by atoms with E-state index in [0.717, 1.165) is 10.4 Å². The predicted octanol–water partition coefficient (Wildman–Crippen LogP) is 5.43. The fraction of sp³-hybridized carbons (Fsp3) is 0.450. The van der Waals surface area contributed by atoms with E-state index in [0.29, 0.717) is 11.0 Å². The number of hydrogen-bond donors (Lipinski definition) is 1. The number of benzene rings is 1. The van der Waals surface area contributed by atoms with Gasteiger partial charge in [0, 0.05) is 18.0 Å². The molecule has 1 aromatic heterocycles. The highest BCUT2D eigenvalue weighted by Gasteiger charge is 2.39. The molecule has 0 aliphatic carbocycles. The number of anilines is 1. The zero-order valence-electron chi connectivity index (χ0n) is 16.9. The number of aromatic carboxylic acids is 1. The molecule has 0 aliphatic heterocycles. The van der Waals surface area contributed by atoms with E-state index < -0.39 is 13.5 Å². The van der Waals surface area contributed by atoms with Crippen molar-refractivity contribution < 1.29 is 19.0 Å². The summed E-state index contributed by atoms with van der Waals surface area (Å²) in [6.45, 7) is 11.8. The van der Waals surface area contributed by atoms with Gasteiger partial charge in [-0.2, -0.15) is 0 Å². The summed E-state index contributed by atoms with van der Waals surface area (Å²) in [6, 6.07) is 8.95. The first-order valence-electron chi connectivity index (χ1n) is 8.82. The molecular weight excluding hydrogens is 381 g/mol. The van der Waals surface area contributed by atoms with Crippen molar-refractivity contribution in [1.29, 1.82) is 0 Å². The monoisotopic (exact) mass is 409 g/mol. The molecule has 0 aliphatic rings. The number of rotatable bonds is 6. The van der Waals surface area contributed by atoms with Crippen LogP contribution >= 0.6 is 18.9 Å². The van der Waals surface area contributed by atoms with Gasteiger partial charge in [-0.1, -0.05) is 38.5 Å². The van der Waals surface area contributed by atoms with Crippen LogP contribution in [-0.4, -0.2) is 24.2 Å². The first kappa shape index (κ1) is 21.7. The second-order valence-corrected chi connectivity index (χ2v) is 11.3. The zero-order chi connectivity index (χ0) is 20.6. The Labute approximate surface area is 165 Å². The molecule has 0 saturated heterocycles. The lowest BCUT2D eigenvalue weighted by Gasteiger charge is -2.35. The van der Waals surface area contributed by atoms with E-state index in [2.05, 4.69) is 0 Å². The van der Waals surface area contributed by atoms with Crippen molar-refractivity contribution in [1.82, 2.24) is 0 Å². The van der Waals surface area contributed by atoms with Gasteiger partial charge < -0.3 is 9.63 Å². The predicted molar refractivity (Wildman–Crippen MR) is 113 cm³/mol. The molecule has 1 heterocycles. The lowest BCUT2D eigenvalue weighted by molar-refractivity contribution is 0.0703. The van der Waals surface area contributed by atoms with E-state index in [9.17, 15) is 14.5 Å². The third kappa shape index (κ3) is 4.29. The van der Waals surface area contributed by atoms with Crippen LogP contribution in [0.4, 0.5) is 5.69 Å². The van der Waals surface area contributed by atoms with Gasteiger partial charge in [0.05, 0.1) is 11.0 Å². The van der Waals surface area contributed by atoms with Crippen molar-refractivity contribution in [3.63, 3.8) is 0 Å². The minimum Gasteiger partial charge on any atom is -0.477 e. The molecule has 0 bridgehead atoms. The molecule has 1 aromatic carbocycles. The zero-order valence-corrected chi connectivity index (χ0v) is 18.6. The van der Waals surface area contributed by atoms with Crippen LogP contribution in [0.1, 0.15) is 54.7 Å². The molecule has 148 valence electrons. The van der Waals surface area contributed by atoms with E-state index in [1.807, 2.05) is 59.7 Å². The van der Waals surface area contributed by atoms with Gasteiger partial charge in [-0.15, -0.1) is 11.3 Å². The van der Waals surface area contributed by atoms with Gasteiger partial charge in [0.25, 0.3) is 0 Å². The quantitative estimate of drug-likeness (QED) is 0.644. The van der Waals surface area contributed by atoms with Crippen molar-refractivity contribution >= 4 is 35.8 Å². The molecular formula is C20H28NO4PS. The van der Waals surface area contributed by atoms with Crippen LogP contribution in [0.15, 0.2) is 30.3 Å². The third-order valence-electron chi connectivity index (χ3n) is 4.27. The van der Waals surface area contributed by atoms with E-state index in [-0.39, 0.29) is 16.3 Å². The van der Waals surface area contributed by atoms with E-state index in [1.165, 1.54) is 18.4 Å². The van der Waals surface area contributed by atoms with E-state index in [1.54, 1.807) is 16.8 Å². The summed E-state index contributed by atoms with van der Waals surface area (Å²) in [5.74, 6) is -1.03. The molecule has 1 N–H and O–H groups in total. The topological polar surface area (TPSA) is 66.8 Å². The fourth-order valence-electron chi connectivity index (χ4n) is 2.85. The Hall–Kier alpha value is -1.62. The van der Waals surface area contributed by atoms with Gasteiger partial charge in [-0.05, 0) is 44.4 Å². The van der Waals surface area contributed by atoms with Gasteiger partial charge in [-0.3, -0.25) is 9.24 Å². The Bertz CT molecular complexity index is 865. The molecule has 1 unspecified atom stereocenters. The number of nitrogens with zero attached hydrogens (tertiary/aromatic N) is 1.